The van der Waals surface area contributed by atoms with Gasteiger partial charge in [0.1, 0.15) is 0 Å². The molecule has 0 aromatic rings. The molecule has 0 spiro atoms. The Labute approximate surface area is 175 Å². The first-order valence-corrected chi connectivity index (χ1v) is 9.25. The van der Waals surface area contributed by atoms with Crippen molar-refractivity contribution in [3.8, 4) is 0 Å². The van der Waals surface area contributed by atoms with Gasteiger partial charge >= 0.3 is 61.8 Å². The summed E-state index contributed by atoms with van der Waals surface area (Å²) in [5.74, 6) is 0. The third-order valence-corrected chi connectivity index (χ3v) is 3.19. The van der Waals surface area contributed by atoms with Crippen molar-refractivity contribution in [3.63, 3.8) is 0 Å². The summed E-state index contributed by atoms with van der Waals surface area (Å²) >= 11 is 0. The molecule has 0 aliphatic rings. The molecule has 0 heterocycles. The van der Waals surface area contributed by atoms with Gasteiger partial charge in [0, 0.05) is 0 Å². The van der Waals surface area contributed by atoms with E-state index in [9.17, 15) is 8.42 Å². The van der Waals surface area contributed by atoms with Crippen LogP contribution in [0.1, 0.15) is 84.5 Å². The first-order valence-electron chi connectivity index (χ1n) is 7.89. The van der Waals surface area contributed by atoms with Gasteiger partial charge in [0.05, 0.1) is 6.61 Å². The fraction of sp³-hybridized carbons (Fsp3) is 0.933. The molecular formula is C15H33KO4S. The minimum atomic E-state index is -4.23. The fourth-order valence-electron chi connectivity index (χ4n) is 1.75. The molecule has 0 rings (SSSR count). The van der Waals surface area contributed by atoms with Crippen molar-refractivity contribution in [1.82, 2.24) is 0 Å². The van der Waals surface area contributed by atoms with E-state index in [0.29, 0.717) is 6.42 Å². The molecule has 0 aliphatic heterocycles. The summed E-state index contributed by atoms with van der Waals surface area (Å²) < 4.78 is 33.0. The Balaban J connectivity index is -0.000000740. The maximum Gasteiger partial charge on any atom is 1.00 e. The van der Waals surface area contributed by atoms with Gasteiger partial charge in [-0.1, -0.05) is 71.6 Å². The molecule has 0 fully saturated rings. The number of hydrogen-bond donors (Lipinski definition) is 1. The van der Waals surface area contributed by atoms with E-state index in [4.69, 9.17) is 4.55 Å². The Kier molecular flexibility index (Phi) is 28.0. The van der Waals surface area contributed by atoms with Crippen molar-refractivity contribution in [2.75, 3.05) is 6.61 Å². The van der Waals surface area contributed by atoms with E-state index < -0.39 is 10.4 Å². The van der Waals surface area contributed by atoms with Gasteiger partial charge in [0.15, 0.2) is 0 Å². The second kappa shape index (κ2) is 21.5. The van der Waals surface area contributed by atoms with Crippen LogP contribution in [-0.2, 0) is 14.6 Å². The van der Waals surface area contributed by atoms with Crippen molar-refractivity contribution in [2.24, 2.45) is 0 Å². The van der Waals surface area contributed by atoms with Crippen molar-refractivity contribution < 1.29 is 68.5 Å². The normalized spacial score (nSPS) is 10.5. The topological polar surface area (TPSA) is 63.6 Å². The minimum Gasteiger partial charge on any atom is -0.344 e. The molecule has 0 aromatic heterocycles. The molecule has 1 N–H and O–H groups in total. The van der Waals surface area contributed by atoms with Crippen LogP contribution in [0, 0.1) is 6.92 Å². The average molecular weight is 349 g/mol. The van der Waals surface area contributed by atoms with E-state index in [0.717, 1.165) is 19.3 Å². The summed E-state index contributed by atoms with van der Waals surface area (Å²) in [6, 6.07) is 0. The molecule has 0 amide bonds. The first kappa shape index (κ1) is 27.4. The smallest absolute Gasteiger partial charge is 0.344 e. The van der Waals surface area contributed by atoms with Crippen LogP contribution in [0.2, 0.25) is 0 Å². The van der Waals surface area contributed by atoms with Crippen molar-refractivity contribution >= 4 is 10.4 Å². The molecule has 0 saturated carbocycles. The number of rotatable bonds is 12. The summed E-state index contributed by atoms with van der Waals surface area (Å²) in [6.07, 6.45) is 12.9. The third-order valence-electron chi connectivity index (χ3n) is 2.73. The maximum absolute atomic E-state index is 10.2. The van der Waals surface area contributed by atoms with Gasteiger partial charge in [0.2, 0.25) is 0 Å². The second-order valence-electron chi connectivity index (χ2n) is 4.93. The van der Waals surface area contributed by atoms with Crippen LogP contribution in [0.4, 0.5) is 0 Å². The van der Waals surface area contributed by atoms with E-state index in [-0.39, 0.29) is 58.0 Å². The molecule has 0 aliphatic carbocycles. The minimum absolute atomic E-state index is 0. The maximum atomic E-state index is 10.2. The van der Waals surface area contributed by atoms with Crippen LogP contribution in [0.25, 0.3) is 0 Å². The van der Waals surface area contributed by atoms with Crippen LogP contribution in [-0.4, -0.2) is 19.6 Å². The molecule has 0 atom stereocenters. The molecule has 4 nitrogen and oxygen atoms in total. The molecule has 0 bridgehead atoms. The summed E-state index contributed by atoms with van der Waals surface area (Å²) in [4.78, 5) is 0. The standard InChI is InChI=1S/C12H26O4S.C3H7.K/c1-2-3-4-5-6-7-8-9-10-11-12-16-17(13,14)15;1-3-2;/h2-12H2,1H3,(H,13,14,15);1,3H2,2H3;/q;-1;+1. The third kappa shape index (κ3) is 34.0. The molecule has 6 heteroatoms. The van der Waals surface area contributed by atoms with Gasteiger partial charge in [0.25, 0.3) is 0 Å². The van der Waals surface area contributed by atoms with E-state index in [1.165, 1.54) is 44.9 Å². The summed E-state index contributed by atoms with van der Waals surface area (Å²) in [5.41, 5.74) is 0. The zero-order chi connectivity index (χ0) is 15.7. The summed E-state index contributed by atoms with van der Waals surface area (Å²) in [5, 5.41) is 0. The second-order valence-corrected chi connectivity index (χ2v) is 6.02. The fourth-order valence-corrected chi connectivity index (χ4v) is 2.08. The molecule has 124 valence electrons. The molecule has 0 radical (unpaired) electrons. The van der Waals surface area contributed by atoms with Crippen molar-refractivity contribution in [2.45, 2.75) is 84.5 Å². The van der Waals surface area contributed by atoms with Gasteiger partial charge in [-0.2, -0.15) is 14.8 Å². The number of hydrogen-bond acceptors (Lipinski definition) is 3. The molecule has 0 unspecified atom stereocenters. The first-order chi connectivity index (χ1) is 9.47. The van der Waals surface area contributed by atoms with Gasteiger partial charge in [-0.3, -0.25) is 4.55 Å². The Hall–Kier alpha value is 1.51. The van der Waals surface area contributed by atoms with E-state index in [1.54, 1.807) is 0 Å². The molecule has 21 heavy (non-hydrogen) atoms. The van der Waals surface area contributed by atoms with Crippen LogP contribution < -0.4 is 51.4 Å². The SMILES string of the molecule is CCCCCCCCCCCCOS(=O)(=O)O.[CH2-]CC.[K+]. The quantitative estimate of drug-likeness (QED) is 0.253. The Morgan fingerprint density at radius 1 is 0.857 bits per heavy atom. The van der Waals surface area contributed by atoms with Gasteiger partial charge in [-0.15, -0.1) is 0 Å². The van der Waals surface area contributed by atoms with Crippen molar-refractivity contribution in [3.05, 3.63) is 6.92 Å². The van der Waals surface area contributed by atoms with Gasteiger partial charge in [-0.25, -0.2) is 4.18 Å². The van der Waals surface area contributed by atoms with Gasteiger partial charge in [-0.05, 0) is 6.42 Å². The summed E-state index contributed by atoms with van der Waals surface area (Å²) in [7, 11) is -4.23. The van der Waals surface area contributed by atoms with Gasteiger partial charge < -0.3 is 6.92 Å². The van der Waals surface area contributed by atoms with Crippen LogP contribution in [0.15, 0.2) is 0 Å². The monoisotopic (exact) mass is 348 g/mol. The molecule has 0 saturated heterocycles. The Bertz CT molecular complexity index is 269. The predicted octanol–water partition coefficient (Wildman–Crippen LogP) is 1.96. The van der Waals surface area contributed by atoms with E-state index in [1.807, 2.05) is 6.92 Å². The van der Waals surface area contributed by atoms with Crippen LogP contribution in [0.5, 0.6) is 0 Å². The predicted molar refractivity (Wildman–Crippen MR) is 85.0 cm³/mol. The van der Waals surface area contributed by atoms with Crippen molar-refractivity contribution in [1.29, 1.82) is 0 Å². The molecule has 0 aromatic carbocycles. The Morgan fingerprint density at radius 2 is 1.19 bits per heavy atom. The molecular weight excluding hydrogens is 315 g/mol. The average Bonchev–Trinajstić information content (AvgIpc) is 2.35. The largest absolute Gasteiger partial charge is 1.00 e. The van der Waals surface area contributed by atoms with E-state index in [2.05, 4.69) is 18.0 Å². The van der Waals surface area contributed by atoms with Crippen LogP contribution >= 0.6 is 0 Å². The Morgan fingerprint density at radius 3 is 1.52 bits per heavy atom. The number of unbranched alkanes of at least 4 members (excludes halogenated alkanes) is 9. The van der Waals surface area contributed by atoms with Crippen LogP contribution in [0.3, 0.4) is 0 Å². The van der Waals surface area contributed by atoms with E-state index >= 15 is 0 Å². The zero-order valence-corrected chi connectivity index (χ0v) is 18.2. The zero-order valence-electron chi connectivity index (χ0n) is 14.3. The summed E-state index contributed by atoms with van der Waals surface area (Å²) in [6.45, 7) is 7.81.